The van der Waals surface area contributed by atoms with Crippen LogP contribution in [0.4, 0.5) is 5.69 Å². The van der Waals surface area contributed by atoms with Gasteiger partial charge in [-0.2, -0.15) is 0 Å². The van der Waals surface area contributed by atoms with Crippen LogP contribution in [0.3, 0.4) is 0 Å². The van der Waals surface area contributed by atoms with Crippen LogP contribution in [0.15, 0.2) is 53.4 Å². The molecule has 0 aliphatic carbocycles. The van der Waals surface area contributed by atoms with E-state index in [1.807, 2.05) is 42.5 Å². The maximum Gasteiger partial charge on any atom is 0.234 e. The number of halogens is 1. The van der Waals surface area contributed by atoms with E-state index >= 15 is 0 Å². The Kier molecular flexibility index (Phi) is 5.32. The second kappa shape index (κ2) is 7.22. The van der Waals surface area contributed by atoms with Crippen LogP contribution in [-0.4, -0.2) is 18.8 Å². The first-order chi connectivity index (χ1) is 9.67. The highest BCUT2D eigenvalue weighted by Crippen LogP contribution is 2.22. The molecule has 0 aliphatic heterocycles. The number of carbonyl (C=O) groups excluding carboxylic acids is 1. The predicted octanol–water partition coefficient (Wildman–Crippen LogP) is 4.08. The molecule has 0 saturated carbocycles. The molecule has 1 N–H and O–H groups in total. The van der Waals surface area contributed by atoms with Gasteiger partial charge < -0.3 is 10.1 Å². The molecule has 1 amide bonds. The number of carbonyl (C=O) groups is 1. The summed E-state index contributed by atoms with van der Waals surface area (Å²) in [6.45, 7) is 0. The van der Waals surface area contributed by atoms with Crippen LogP contribution in [0.1, 0.15) is 0 Å². The van der Waals surface area contributed by atoms with Crippen LogP contribution in [0.25, 0.3) is 0 Å². The first-order valence-corrected chi connectivity index (χ1v) is 7.36. The fourth-order valence-corrected chi connectivity index (χ4v) is 2.61. The van der Waals surface area contributed by atoms with Crippen LogP contribution in [0.5, 0.6) is 5.75 Å². The zero-order chi connectivity index (χ0) is 14.4. The summed E-state index contributed by atoms with van der Waals surface area (Å²) < 4.78 is 5.11. The third-order valence-corrected chi connectivity index (χ3v) is 3.75. The second-order valence-corrected chi connectivity index (χ2v) is 5.51. The fourth-order valence-electron chi connectivity index (χ4n) is 1.60. The Morgan fingerprint density at radius 2 is 2.05 bits per heavy atom. The third-order valence-electron chi connectivity index (χ3n) is 2.52. The largest absolute Gasteiger partial charge is 0.497 e. The summed E-state index contributed by atoms with van der Waals surface area (Å²) in [5, 5.41) is 3.50. The number of rotatable bonds is 5. The van der Waals surface area contributed by atoms with Crippen molar-refractivity contribution in [1.29, 1.82) is 0 Å². The van der Waals surface area contributed by atoms with Gasteiger partial charge in [-0.3, -0.25) is 4.79 Å². The highest BCUT2D eigenvalue weighted by molar-refractivity contribution is 8.00. The number of hydrogen-bond acceptors (Lipinski definition) is 3. The van der Waals surface area contributed by atoms with Crippen molar-refractivity contribution in [1.82, 2.24) is 0 Å². The number of thioether (sulfide) groups is 1. The Hall–Kier alpha value is -1.65. The zero-order valence-electron chi connectivity index (χ0n) is 10.9. The highest BCUT2D eigenvalue weighted by atomic mass is 35.5. The number of nitrogens with one attached hydrogen (secondary N) is 1. The number of benzene rings is 2. The molecule has 2 rings (SSSR count). The number of anilines is 1. The molecule has 0 saturated heterocycles. The van der Waals surface area contributed by atoms with Gasteiger partial charge in [-0.1, -0.05) is 23.7 Å². The average molecular weight is 308 g/mol. The van der Waals surface area contributed by atoms with Gasteiger partial charge in [-0.25, -0.2) is 0 Å². The van der Waals surface area contributed by atoms with Gasteiger partial charge in [-0.15, -0.1) is 11.8 Å². The minimum atomic E-state index is -0.0665. The summed E-state index contributed by atoms with van der Waals surface area (Å²) in [4.78, 5) is 12.8. The van der Waals surface area contributed by atoms with Crippen molar-refractivity contribution < 1.29 is 9.53 Å². The molecular weight excluding hydrogens is 294 g/mol. The minimum absolute atomic E-state index is 0.0665. The first-order valence-electron chi connectivity index (χ1n) is 5.99. The number of ether oxygens (including phenoxy) is 1. The molecule has 2 aromatic carbocycles. The summed E-state index contributed by atoms with van der Waals surface area (Å²) >= 11 is 7.34. The predicted molar refractivity (Wildman–Crippen MR) is 83.8 cm³/mol. The summed E-state index contributed by atoms with van der Waals surface area (Å²) in [7, 11) is 1.59. The van der Waals surface area contributed by atoms with E-state index in [9.17, 15) is 4.79 Å². The SMILES string of the molecule is COc1cccc(NC(=O)CSc2cccc(Cl)c2)c1. The molecule has 104 valence electrons. The second-order valence-electron chi connectivity index (χ2n) is 4.03. The Labute approximate surface area is 127 Å². The van der Waals surface area contributed by atoms with Gasteiger partial charge in [0.05, 0.1) is 12.9 Å². The van der Waals surface area contributed by atoms with Crippen LogP contribution in [0, 0.1) is 0 Å². The molecule has 0 unspecified atom stereocenters. The van der Waals surface area contributed by atoms with Crippen molar-refractivity contribution in [3.05, 3.63) is 53.6 Å². The molecule has 5 heteroatoms. The van der Waals surface area contributed by atoms with Crippen LogP contribution in [-0.2, 0) is 4.79 Å². The molecule has 0 aromatic heterocycles. The van der Waals surface area contributed by atoms with Crippen molar-refractivity contribution in [2.24, 2.45) is 0 Å². The van der Waals surface area contributed by atoms with Crippen molar-refractivity contribution in [3.8, 4) is 5.75 Å². The molecule has 0 heterocycles. The summed E-state index contributed by atoms with van der Waals surface area (Å²) in [6, 6.07) is 14.7. The van der Waals surface area contributed by atoms with Gasteiger partial charge in [0.25, 0.3) is 0 Å². The molecule has 2 aromatic rings. The lowest BCUT2D eigenvalue weighted by Crippen LogP contribution is -2.13. The lowest BCUT2D eigenvalue weighted by Gasteiger charge is -2.07. The molecular formula is C15H14ClNO2S. The Morgan fingerprint density at radius 3 is 2.80 bits per heavy atom. The van der Waals surface area contributed by atoms with Gasteiger partial charge in [0.15, 0.2) is 0 Å². The first kappa shape index (κ1) is 14.8. The van der Waals surface area contributed by atoms with E-state index in [0.717, 1.165) is 10.6 Å². The molecule has 0 aliphatic rings. The number of amides is 1. The van der Waals surface area contributed by atoms with Crippen molar-refractivity contribution >= 4 is 35.0 Å². The summed E-state index contributed by atoms with van der Waals surface area (Å²) in [6.07, 6.45) is 0. The van der Waals surface area contributed by atoms with Gasteiger partial charge in [0.2, 0.25) is 5.91 Å². The molecule has 0 bridgehead atoms. The van der Waals surface area contributed by atoms with Crippen molar-refractivity contribution in [3.63, 3.8) is 0 Å². The number of hydrogen-bond donors (Lipinski definition) is 1. The van der Waals surface area contributed by atoms with E-state index in [1.54, 1.807) is 13.2 Å². The van der Waals surface area contributed by atoms with Crippen LogP contribution < -0.4 is 10.1 Å². The molecule has 0 radical (unpaired) electrons. The standard InChI is InChI=1S/C15H14ClNO2S/c1-19-13-6-3-5-12(9-13)17-15(18)10-20-14-7-2-4-11(16)8-14/h2-9H,10H2,1H3,(H,17,18). The maximum absolute atomic E-state index is 11.9. The third kappa shape index (κ3) is 4.47. The van der Waals surface area contributed by atoms with E-state index < -0.39 is 0 Å². The van der Waals surface area contributed by atoms with Crippen LogP contribution in [0.2, 0.25) is 5.02 Å². The van der Waals surface area contributed by atoms with Gasteiger partial charge in [0, 0.05) is 21.7 Å². The van der Waals surface area contributed by atoms with E-state index in [0.29, 0.717) is 16.5 Å². The van der Waals surface area contributed by atoms with Gasteiger partial charge in [-0.05, 0) is 30.3 Å². The Balaban J connectivity index is 1.89. The number of methoxy groups -OCH3 is 1. The van der Waals surface area contributed by atoms with E-state index in [4.69, 9.17) is 16.3 Å². The molecule has 0 spiro atoms. The summed E-state index contributed by atoms with van der Waals surface area (Å²) in [5.74, 6) is 0.978. The quantitative estimate of drug-likeness (QED) is 0.846. The topological polar surface area (TPSA) is 38.3 Å². The smallest absolute Gasteiger partial charge is 0.234 e. The normalized spacial score (nSPS) is 10.1. The van der Waals surface area contributed by atoms with E-state index in [-0.39, 0.29) is 5.91 Å². The molecule has 0 atom stereocenters. The van der Waals surface area contributed by atoms with Gasteiger partial charge >= 0.3 is 0 Å². The average Bonchev–Trinajstić information content (AvgIpc) is 2.45. The fraction of sp³-hybridized carbons (Fsp3) is 0.133. The Bertz CT molecular complexity index is 604. The minimum Gasteiger partial charge on any atom is -0.497 e. The lowest BCUT2D eigenvalue weighted by atomic mass is 10.3. The lowest BCUT2D eigenvalue weighted by molar-refractivity contribution is -0.113. The van der Waals surface area contributed by atoms with Crippen LogP contribution >= 0.6 is 23.4 Å². The zero-order valence-corrected chi connectivity index (χ0v) is 12.5. The highest BCUT2D eigenvalue weighted by Gasteiger charge is 2.05. The summed E-state index contributed by atoms with van der Waals surface area (Å²) in [5.41, 5.74) is 0.723. The maximum atomic E-state index is 11.9. The molecule has 0 fully saturated rings. The molecule has 3 nitrogen and oxygen atoms in total. The monoisotopic (exact) mass is 307 g/mol. The van der Waals surface area contributed by atoms with Crippen molar-refractivity contribution in [2.75, 3.05) is 18.2 Å². The molecule has 20 heavy (non-hydrogen) atoms. The van der Waals surface area contributed by atoms with E-state index in [1.165, 1.54) is 11.8 Å². The van der Waals surface area contributed by atoms with Gasteiger partial charge in [0.1, 0.15) is 5.75 Å². The Morgan fingerprint density at radius 1 is 1.25 bits per heavy atom. The van der Waals surface area contributed by atoms with Crippen molar-refractivity contribution in [2.45, 2.75) is 4.90 Å². The van der Waals surface area contributed by atoms with E-state index in [2.05, 4.69) is 5.32 Å².